The quantitative estimate of drug-likeness (QED) is 0.838. The molecule has 0 bridgehead atoms. The van der Waals surface area contributed by atoms with Gasteiger partial charge in [0.2, 0.25) is 5.91 Å². The predicted octanol–water partition coefficient (Wildman–Crippen LogP) is 0.549. The first-order valence-electron chi connectivity index (χ1n) is 9.10. The van der Waals surface area contributed by atoms with Gasteiger partial charge >= 0.3 is 0 Å². The largest absolute Gasteiger partial charge is 0.346 e. The molecule has 0 atom stereocenters. The Kier molecular flexibility index (Phi) is 4.36. The number of piperidine rings is 1. The van der Waals surface area contributed by atoms with Gasteiger partial charge in [0.1, 0.15) is 5.82 Å². The van der Waals surface area contributed by atoms with Gasteiger partial charge in [-0.1, -0.05) is 0 Å². The highest BCUT2D eigenvalue weighted by molar-refractivity contribution is 5.96. The lowest BCUT2D eigenvalue weighted by molar-refractivity contribution is -0.141. The number of aromatic amines is 1. The molecule has 0 saturated carbocycles. The molecule has 26 heavy (non-hydrogen) atoms. The van der Waals surface area contributed by atoms with Crippen LogP contribution in [0.4, 0.5) is 0 Å². The van der Waals surface area contributed by atoms with Crippen molar-refractivity contribution in [3.63, 3.8) is 0 Å². The summed E-state index contributed by atoms with van der Waals surface area (Å²) < 4.78 is 0. The van der Waals surface area contributed by atoms with Gasteiger partial charge < -0.3 is 20.1 Å². The van der Waals surface area contributed by atoms with Gasteiger partial charge in [0.05, 0.1) is 17.1 Å². The van der Waals surface area contributed by atoms with Crippen molar-refractivity contribution in [3.05, 3.63) is 23.7 Å². The Bertz CT molecular complexity index is 833. The maximum atomic E-state index is 12.5. The lowest BCUT2D eigenvalue weighted by atomic mass is 9.93. The first-order valence-corrected chi connectivity index (χ1v) is 9.10. The maximum Gasteiger partial charge on any atom is 0.253 e. The van der Waals surface area contributed by atoms with E-state index < -0.39 is 0 Å². The summed E-state index contributed by atoms with van der Waals surface area (Å²) in [5.74, 6) is 0.979. The second-order valence-electron chi connectivity index (χ2n) is 7.41. The average molecular weight is 356 g/mol. The van der Waals surface area contributed by atoms with Crippen molar-refractivity contribution in [1.29, 1.82) is 0 Å². The summed E-state index contributed by atoms with van der Waals surface area (Å²) in [6.45, 7) is 5.00. The van der Waals surface area contributed by atoms with Crippen molar-refractivity contribution in [2.24, 2.45) is 5.92 Å². The molecule has 8 nitrogen and oxygen atoms in total. The van der Waals surface area contributed by atoms with Gasteiger partial charge in [0.25, 0.3) is 5.91 Å². The molecule has 138 valence electrons. The van der Waals surface area contributed by atoms with Crippen molar-refractivity contribution in [2.75, 3.05) is 33.2 Å². The number of likely N-dealkylation sites (tertiary alicyclic amines) is 2. The van der Waals surface area contributed by atoms with Crippen LogP contribution < -0.4 is 5.32 Å². The molecule has 2 amide bonds. The van der Waals surface area contributed by atoms with Gasteiger partial charge in [-0.25, -0.2) is 9.97 Å². The molecule has 4 heterocycles. The van der Waals surface area contributed by atoms with E-state index in [0.717, 1.165) is 37.3 Å². The first-order chi connectivity index (χ1) is 12.5. The van der Waals surface area contributed by atoms with Gasteiger partial charge in [-0.15, -0.1) is 0 Å². The summed E-state index contributed by atoms with van der Waals surface area (Å²) in [4.78, 5) is 40.6. The lowest BCUT2D eigenvalue weighted by Gasteiger charge is -2.42. The number of rotatable bonds is 3. The summed E-state index contributed by atoms with van der Waals surface area (Å²) in [6, 6.07) is 1.77. The number of carbonyl (C=O) groups excluding carboxylic acids is 2. The third kappa shape index (κ3) is 3.29. The highest BCUT2D eigenvalue weighted by atomic mass is 16.2. The highest BCUT2D eigenvalue weighted by Crippen LogP contribution is 2.22. The number of carbonyl (C=O) groups is 2. The number of nitrogens with one attached hydrogen (secondary N) is 2. The van der Waals surface area contributed by atoms with Gasteiger partial charge in [-0.2, -0.15) is 0 Å². The number of H-pyrrole nitrogens is 1. The number of imidazole rings is 1. The summed E-state index contributed by atoms with van der Waals surface area (Å²) in [7, 11) is 2.09. The molecule has 8 heteroatoms. The van der Waals surface area contributed by atoms with Crippen molar-refractivity contribution in [3.8, 4) is 0 Å². The Labute approximate surface area is 152 Å². The van der Waals surface area contributed by atoms with E-state index in [2.05, 4.69) is 32.2 Å². The van der Waals surface area contributed by atoms with Crippen molar-refractivity contribution >= 4 is 23.0 Å². The van der Waals surface area contributed by atoms with Crippen LogP contribution in [0, 0.1) is 12.8 Å². The molecule has 2 fully saturated rings. The minimum absolute atomic E-state index is 0.0110. The number of pyridine rings is 1. The lowest BCUT2D eigenvalue weighted by Crippen LogP contribution is -2.62. The molecule has 2 aromatic rings. The molecule has 2 N–H and O–H groups in total. The van der Waals surface area contributed by atoms with E-state index in [9.17, 15) is 9.59 Å². The van der Waals surface area contributed by atoms with Crippen molar-refractivity contribution in [2.45, 2.75) is 25.8 Å². The predicted molar refractivity (Wildman–Crippen MR) is 96.7 cm³/mol. The number of amides is 2. The minimum Gasteiger partial charge on any atom is -0.346 e. The number of hydrogen-bond acceptors (Lipinski definition) is 5. The molecule has 0 aliphatic carbocycles. The zero-order valence-electron chi connectivity index (χ0n) is 15.2. The van der Waals surface area contributed by atoms with E-state index in [1.807, 2.05) is 11.8 Å². The van der Waals surface area contributed by atoms with E-state index in [1.54, 1.807) is 6.07 Å². The van der Waals surface area contributed by atoms with Gasteiger partial charge in [0, 0.05) is 25.2 Å². The second kappa shape index (κ2) is 6.68. The van der Waals surface area contributed by atoms with E-state index in [1.165, 1.54) is 6.20 Å². The van der Waals surface area contributed by atoms with Gasteiger partial charge in [-0.05, 0) is 46.0 Å². The SMILES string of the molecule is Cc1nc2ncc(C(=O)NC3CN(C(=O)C4CCN(C)CC4)C3)cc2[nH]1. The smallest absolute Gasteiger partial charge is 0.253 e. The molecule has 4 rings (SSSR count). The zero-order valence-corrected chi connectivity index (χ0v) is 15.2. The second-order valence-corrected chi connectivity index (χ2v) is 7.41. The zero-order chi connectivity index (χ0) is 18.3. The number of aryl methyl sites for hydroxylation is 1. The number of nitrogens with zero attached hydrogens (tertiary/aromatic N) is 4. The molecular formula is C18H24N6O2. The van der Waals surface area contributed by atoms with Crippen LogP contribution in [0.3, 0.4) is 0 Å². The van der Waals surface area contributed by atoms with Crippen LogP contribution >= 0.6 is 0 Å². The summed E-state index contributed by atoms with van der Waals surface area (Å²) in [5, 5.41) is 2.98. The maximum absolute atomic E-state index is 12.5. The number of hydrogen-bond donors (Lipinski definition) is 2. The van der Waals surface area contributed by atoms with E-state index in [0.29, 0.717) is 24.3 Å². The van der Waals surface area contributed by atoms with Crippen molar-refractivity contribution in [1.82, 2.24) is 30.1 Å². The van der Waals surface area contributed by atoms with Gasteiger partial charge in [-0.3, -0.25) is 9.59 Å². The van der Waals surface area contributed by atoms with Crippen LogP contribution in [0.25, 0.3) is 11.2 Å². The Morgan fingerprint density at radius 2 is 2.00 bits per heavy atom. The van der Waals surface area contributed by atoms with Crippen LogP contribution in [-0.2, 0) is 4.79 Å². The Hall–Kier alpha value is -2.48. The molecule has 2 aliphatic rings. The topological polar surface area (TPSA) is 94.2 Å². The van der Waals surface area contributed by atoms with Crippen LogP contribution in [0.5, 0.6) is 0 Å². The monoisotopic (exact) mass is 356 g/mol. The minimum atomic E-state index is -0.164. The molecule has 0 spiro atoms. The highest BCUT2D eigenvalue weighted by Gasteiger charge is 2.36. The molecule has 0 unspecified atom stereocenters. The molecule has 2 aromatic heterocycles. The fourth-order valence-corrected chi connectivity index (χ4v) is 3.68. The van der Waals surface area contributed by atoms with Crippen LogP contribution in [0.2, 0.25) is 0 Å². The molecule has 2 saturated heterocycles. The Balaban J connectivity index is 1.30. The third-order valence-electron chi connectivity index (χ3n) is 5.31. The fourth-order valence-electron chi connectivity index (χ4n) is 3.68. The number of fused-ring (bicyclic) bond motifs is 1. The van der Waals surface area contributed by atoms with Crippen LogP contribution in [-0.4, -0.2) is 75.8 Å². The summed E-state index contributed by atoms with van der Waals surface area (Å²) in [6.07, 6.45) is 3.40. The molecular weight excluding hydrogens is 332 g/mol. The van der Waals surface area contributed by atoms with E-state index in [-0.39, 0.29) is 23.8 Å². The van der Waals surface area contributed by atoms with Crippen LogP contribution in [0.15, 0.2) is 12.3 Å². The Morgan fingerprint density at radius 1 is 1.27 bits per heavy atom. The normalized spacial score (nSPS) is 19.5. The average Bonchev–Trinajstić information content (AvgIpc) is 2.96. The molecule has 2 aliphatic heterocycles. The number of aromatic nitrogens is 3. The van der Waals surface area contributed by atoms with Crippen molar-refractivity contribution < 1.29 is 9.59 Å². The van der Waals surface area contributed by atoms with E-state index in [4.69, 9.17) is 0 Å². The summed E-state index contributed by atoms with van der Waals surface area (Å²) in [5.41, 5.74) is 1.86. The third-order valence-corrected chi connectivity index (χ3v) is 5.31. The van der Waals surface area contributed by atoms with Gasteiger partial charge in [0.15, 0.2) is 5.65 Å². The van der Waals surface area contributed by atoms with Crippen LogP contribution in [0.1, 0.15) is 29.0 Å². The fraction of sp³-hybridized carbons (Fsp3) is 0.556. The molecule has 0 radical (unpaired) electrons. The molecule has 0 aromatic carbocycles. The first kappa shape index (κ1) is 17.0. The van der Waals surface area contributed by atoms with E-state index >= 15 is 0 Å². The summed E-state index contributed by atoms with van der Waals surface area (Å²) >= 11 is 0. The Morgan fingerprint density at radius 3 is 2.73 bits per heavy atom. The standard InChI is InChI=1S/C18H24N6O2/c1-11-20-15-7-13(8-19-16(15)21-11)17(25)22-14-9-24(10-14)18(26)12-3-5-23(2)6-4-12/h7-8,12,14H,3-6,9-10H2,1-2H3,(H,22,25)(H,19,20,21).